The molecule has 1 aromatic rings. The number of benzene rings is 1. The molecule has 3 heteroatoms. The third kappa shape index (κ3) is 3.41. The second-order valence-electron chi connectivity index (χ2n) is 5.16. The van der Waals surface area contributed by atoms with Gasteiger partial charge in [0.1, 0.15) is 13.2 Å². The highest BCUT2D eigenvalue weighted by Gasteiger charge is 2.21. The molecular formula is C16H24O3. The molecule has 2 atom stereocenters. The predicted molar refractivity (Wildman–Crippen MR) is 75.7 cm³/mol. The van der Waals surface area contributed by atoms with Gasteiger partial charge in [0.05, 0.1) is 6.10 Å². The Morgan fingerprint density at radius 3 is 2.58 bits per heavy atom. The first-order valence-electron chi connectivity index (χ1n) is 7.33. The summed E-state index contributed by atoms with van der Waals surface area (Å²) >= 11 is 0. The van der Waals surface area contributed by atoms with Crippen LogP contribution in [0.2, 0.25) is 0 Å². The van der Waals surface area contributed by atoms with Gasteiger partial charge >= 0.3 is 0 Å². The molecule has 0 aromatic heterocycles. The number of hydrogen-bond acceptors (Lipinski definition) is 3. The number of aliphatic hydroxyl groups excluding tert-OH is 1. The standard InChI is InChI=1S/C16H24O3/c1-3-5-6-12(4-2)16(17)13-7-8-14-15(11-13)19-10-9-18-14/h7-8,11-12,16-17H,3-6,9-10H2,1-2H3. The minimum absolute atomic E-state index is 0.322. The van der Waals surface area contributed by atoms with E-state index in [1.807, 2.05) is 18.2 Å². The molecule has 0 bridgehead atoms. The minimum Gasteiger partial charge on any atom is -0.486 e. The van der Waals surface area contributed by atoms with Crippen LogP contribution >= 0.6 is 0 Å². The lowest BCUT2D eigenvalue weighted by atomic mass is 9.89. The maximum absolute atomic E-state index is 10.5. The van der Waals surface area contributed by atoms with Gasteiger partial charge in [-0.1, -0.05) is 39.2 Å². The van der Waals surface area contributed by atoms with E-state index in [0.29, 0.717) is 19.1 Å². The largest absolute Gasteiger partial charge is 0.486 e. The van der Waals surface area contributed by atoms with E-state index in [9.17, 15) is 5.11 Å². The molecule has 1 N–H and O–H groups in total. The van der Waals surface area contributed by atoms with E-state index in [4.69, 9.17) is 9.47 Å². The Morgan fingerprint density at radius 2 is 1.89 bits per heavy atom. The lowest BCUT2D eigenvalue weighted by Gasteiger charge is -2.24. The average molecular weight is 264 g/mol. The van der Waals surface area contributed by atoms with E-state index in [1.165, 1.54) is 12.8 Å². The molecule has 0 saturated heterocycles. The summed E-state index contributed by atoms with van der Waals surface area (Å²) < 4.78 is 11.1. The lowest BCUT2D eigenvalue weighted by molar-refractivity contribution is 0.0978. The summed E-state index contributed by atoms with van der Waals surface area (Å²) in [6.07, 6.45) is 4.00. The van der Waals surface area contributed by atoms with Crippen LogP contribution in [0.5, 0.6) is 11.5 Å². The van der Waals surface area contributed by atoms with Gasteiger partial charge in [-0.05, 0) is 30.0 Å². The van der Waals surface area contributed by atoms with Gasteiger partial charge in [0.2, 0.25) is 0 Å². The van der Waals surface area contributed by atoms with Crippen molar-refractivity contribution in [3.8, 4) is 11.5 Å². The second-order valence-corrected chi connectivity index (χ2v) is 5.16. The van der Waals surface area contributed by atoms with Crippen molar-refractivity contribution in [3.05, 3.63) is 23.8 Å². The topological polar surface area (TPSA) is 38.7 Å². The number of aliphatic hydroxyl groups is 1. The molecule has 0 radical (unpaired) electrons. The van der Waals surface area contributed by atoms with Crippen LogP contribution in [-0.4, -0.2) is 18.3 Å². The zero-order valence-electron chi connectivity index (χ0n) is 11.9. The summed E-state index contributed by atoms with van der Waals surface area (Å²) in [5.41, 5.74) is 0.937. The van der Waals surface area contributed by atoms with Gasteiger partial charge < -0.3 is 14.6 Å². The van der Waals surface area contributed by atoms with Gasteiger partial charge in [-0.2, -0.15) is 0 Å². The van der Waals surface area contributed by atoms with E-state index in [1.54, 1.807) is 0 Å². The highest BCUT2D eigenvalue weighted by Crippen LogP contribution is 2.36. The predicted octanol–water partition coefficient (Wildman–Crippen LogP) is 3.71. The molecule has 106 valence electrons. The fourth-order valence-corrected chi connectivity index (χ4v) is 2.57. The highest BCUT2D eigenvalue weighted by molar-refractivity contribution is 5.44. The summed E-state index contributed by atoms with van der Waals surface area (Å²) in [4.78, 5) is 0. The maximum Gasteiger partial charge on any atom is 0.161 e. The smallest absolute Gasteiger partial charge is 0.161 e. The molecule has 1 aliphatic rings. The average Bonchev–Trinajstić information content (AvgIpc) is 2.47. The molecule has 0 aliphatic carbocycles. The quantitative estimate of drug-likeness (QED) is 0.851. The molecule has 1 aliphatic heterocycles. The van der Waals surface area contributed by atoms with E-state index < -0.39 is 6.10 Å². The zero-order chi connectivity index (χ0) is 13.7. The first-order valence-corrected chi connectivity index (χ1v) is 7.33. The molecule has 2 unspecified atom stereocenters. The third-order valence-corrected chi connectivity index (χ3v) is 3.81. The molecular weight excluding hydrogens is 240 g/mol. The first-order chi connectivity index (χ1) is 9.26. The monoisotopic (exact) mass is 264 g/mol. The maximum atomic E-state index is 10.5. The summed E-state index contributed by atoms with van der Waals surface area (Å²) in [5, 5.41) is 10.5. The Balaban J connectivity index is 2.11. The van der Waals surface area contributed by atoms with Gasteiger partial charge in [-0.25, -0.2) is 0 Å². The van der Waals surface area contributed by atoms with E-state index in [-0.39, 0.29) is 0 Å². The van der Waals surface area contributed by atoms with Crippen molar-refractivity contribution in [1.29, 1.82) is 0 Å². The van der Waals surface area contributed by atoms with Crippen LogP contribution < -0.4 is 9.47 Å². The van der Waals surface area contributed by atoms with Gasteiger partial charge in [0.15, 0.2) is 11.5 Å². The number of unbranched alkanes of at least 4 members (excludes halogenated alkanes) is 1. The number of hydrogen-bond donors (Lipinski definition) is 1. The highest BCUT2D eigenvalue weighted by atomic mass is 16.6. The Bertz CT molecular complexity index is 403. The van der Waals surface area contributed by atoms with Crippen LogP contribution in [0.25, 0.3) is 0 Å². The summed E-state index contributed by atoms with van der Waals surface area (Å²) in [6.45, 7) is 5.51. The van der Waals surface area contributed by atoms with Gasteiger partial charge in [-0.15, -0.1) is 0 Å². The molecule has 0 spiro atoms. The number of fused-ring (bicyclic) bond motifs is 1. The molecule has 1 aromatic carbocycles. The number of rotatable bonds is 6. The summed E-state index contributed by atoms with van der Waals surface area (Å²) in [7, 11) is 0. The summed E-state index contributed by atoms with van der Waals surface area (Å²) in [6, 6.07) is 5.78. The molecule has 1 heterocycles. The SMILES string of the molecule is CCCCC(CC)C(O)c1ccc2c(c1)OCCO2. The lowest BCUT2D eigenvalue weighted by Crippen LogP contribution is -2.17. The Hall–Kier alpha value is -1.22. The van der Waals surface area contributed by atoms with Crippen molar-refractivity contribution >= 4 is 0 Å². The van der Waals surface area contributed by atoms with Crippen molar-refractivity contribution in [1.82, 2.24) is 0 Å². The van der Waals surface area contributed by atoms with Crippen molar-refractivity contribution in [3.63, 3.8) is 0 Å². The van der Waals surface area contributed by atoms with Crippen LogP contribution in [0.15, 0.2) is 18.2 Å². The minimum atomic E-state index is -0.410. The Kier molecular flexibility index (Phi) is 5.08. The van der Waals surface area contributed by atoms with Crippen molar-refractivity contribution in [2.24, 2.45) is 5.92 Å². The van der Waals surface area contributed by atoms with Crippen molar-refractivity contribution in [2.45, 2.75) is 45.6 Å². The Labute approximate surface area is 115 Å². The van der Waals surface area contributed by atoms with Crippen LogP contribution in [0, 0.1) is 5.92 Å². The number of ether oxygens (including phenoxy) is 2. The van der Waals surface area contributed by atoms with Crippen LogP contribution in [0.1, 0.15) is 51.2 Å². The normalized spacial score (nSPS) is 17.0. The van der Waals surface area contributed by atoms with E-state index in [2.05, 4.69) is 13.8 Å². The van der Waals surface area contributed by atoms with Gasteiger partial charge in [-0.3, -0.25) is 0 Å². The van der Waals surface area contributed by atoms with Crippen molar-refractivity contribution < 1.29 is 14.6 Å². The Morgan fingerprint density at radius 1 is 1.16 bits per heavy atom. The third-order valence-electron chi connectivity index (χ3n) is 3.81. The van der Waals surface area contributed by atoms with Crippen molar-refractivity contribution in [2.75, 3.05) is 13.2 Å². The van der Waals surface area contributed by atoms with Gasteiger partial charge in [0, 0.05) is 0 Å². The molecule has 19 heavy (non-hydrogen) atoms. The molecule has 2 rings (SSSR count). The van der Waals surface area contributed by atoms with Crippen LogP contribution in [0.3, 0.4) is 0 Å². The van der Waals surface area contributed by atoms with Crippen LogP contribution in [-0.2, 0) is 0 Å². The second kappa shape index (κ2) is 6.80. The van der Waals surface area contributed by atoms with E-state index in [0.717, 1.165) is 29.9 Å². The molecule has 3 nitrogen and oxygen atoms in total. The fourth-order valence-electron chi connectivity index (χ4n) is 2.57. The first kappa shape index (κ1) is 14.2. The molecule has 0 fully saturated rings. The zero-order valence-corrected chi connectivity index (χ0v) is 11.9. The molecule has 0 amide bonds. The van der Waals surface area contributed by atoms with E-state index >= 15 is 0 Å². The fraction of sp³-hybridized carbons (Fsp3) is 0.625. The molecule has 0 saturated carbocycles. The van der Waals surface area contributed by atoms with Crippen LogP contribution in [0.4, 0.5) is 0 Å². The summed E-state index contributed by atoms with van der Waals surface area (Å²) in [5.74, 6) is 1.86. The van der Waals surface area contributed by atoms with Gasteiger partial charge in [0.25, 0.3) is 0 Å².